The fourth-order valence-corrected chi connectivity index (χ4v) is 2.28. The van der Waals surface area contributed by atoms with Gasteiger partial charge in [0.2, 0.25) is 0 Å². The molecule has 5 nitrogen and oxygen atoms in total. The molecule has 0 saturated carbocycles. The fraction of sp³-hybridized carbons (Fsp3) is 0.100. The van der Waals surface area contributed by atoms with Crippen molar-refractivity contribution in [1.29, 1.82) is 0 Å². The summed E-state index contributed by atoms with van der Waals surface area (Å²) in [6.07, 6.45) is 1.40. The van der Waals surface area contributed by atoms with Gasteiger partial charge in [-0.25, -0.2) is 4.98 Å². The summed E-state index contributed by atoms with van der Waals surface area (Å²) in [6, 6.07) is 6.46. The molecule has 0 saturated heterocycles. The van der Waals surface area contributed by atoms with E-state index < -0.39 is 4.92 Å². The Bertz CT molecular complexity index is 544. The third-order valence-corrected chi connectivity index (χ3v) is 3.26. The van der Waals surface area contributed by atoms with Gasteiger partial charge in [-0.3, -0.25) is 10.1 Å². The Morgan fingerprint density at radius 3 is 2.94 bits per heavy atom. The Balaban J connectivity index is 2.04. The third-order valence-electron chi connectivity index (χ3n) is 2.03. The second-order valence-corrected chi connectivity index (χ2v) is 5.02. The number of halogens is 1. The molecule has 1 N–H and O–H groups in total. The lowest BCUT2D eigenvalue weighted by Crippen LogP contribution is -2.00. The minimum absolute atomic E-state index is 0.0201. The van der Waals surface area contributed by atoms with Gasteiger partial charge in [0, 0.05) is 17.1 Å². The maximum Gasteiger partial charge on any atom is 0.274 e. The molecule has 0 spiro atoms. The van der Waals surface area contributed by atoms with Gasteiger partial charge < -0.3 is 5.32 Å². The molecular weight excluding hydrogens is 262 g/mol. The van der Waals surface area contributed by atoms with Crippen LogP contribution in [0.25, 0.3) is 0 Å². The van der Waals surface area contributed by atoms with Crippen LogP contribution in [0.3, 0.4) is 0 Å². The van der Waals surface area contributed by atoms with Crippen molar-refractivity contribution < 1.29 is 4.92 Å². The number of thiophene rings is 1. The van der Waals surface area contributed by atoms with Crippen molar-refractivity contribution in [3.63, 3.8) is 0 Å². The van der Waals surface area contributed by atoms with E-state index >= 15 is 0 Å². The van der Waals surface area contributed by atoms with Crippen LogP contribution in [-0.2, 0) is 6.54 Å². The molecule has 0 aliphatic heterocycles. The maximum atomic E-state index is 10.6. The number of hydrogen-bond acceptors (Lipinski definition) is 5. The van der Waals surface area contributed by atoms with Gasteiger partial charge in [0.15, 0.2) is 0 Å². The van der Waals surface area contributed by atoms with E-state index in [1.807, 2.05) is 12.1 Å². The lowest BCUT2D eigenvalue weighted by Gasteiger charge is -2.02. The van der Waals surface area contributed by atoms with Crippen LogP contribution < -0.4 is 5.32 Å². The summed E-state index contributed by atoms with van der Waals surface area (Å²) < 4.78 is 0.716. The molecule has 7 heteroatoms. The lowest BCUT2D eigenvalue weighted by atomic mass is 10.4. The lowest BCUT2D eigenvalue weighted by molar-refractivity contribution is -0.384. The first-order valence-corrected chi connectivity index (χ1v) is 5.93. The Labute approximate surface area is 106 Å². The van der Waals surface area contributed by atoms with E-state index in [4.69, 9.17) is 11.6 Å². The van der Waals surface area contributed by atoms with Gasteiger partial charge in [-0.05, 0) is 12.1 Å². The Morgan fingerprint density at radius 1 is 1.47 bits per heavy atom. The molecule has 2 rings (SSSR count). The smallest absolute Gasteiger partial charge is 0.274 e. The van der Waals surface area contributed by atoms with E-state index in [1.54, 1.807) is 0 Å². The van der Waals surface area contributed by atoms with Crippen molar-refractivity contribution in [3.05, 3.63) is 49.8 Å². The van der Waals surface area contributed by atoms with Crippen molar-refractivity contribution in [2.24, 2.45) is 0 Å². The van der Waals surface area contributed by atoms with E-state index in [0.717, 1.165) is 4.88 Å². The average Bonchev–Trinajstić information content (AvgIpc) is 2.73. The summed E-state index contributed by atoms with van der Waals surface area (Å²) in [7, 11) is 0. The number of anilines is 1. The van der Waals surface area contributed by atoms with Crippen molar-refractivity contribution in [2.75, 3.05) is 5.32 Å². The highest BCUT2D eigenvalue weighted by molar-refractivity contribution is 7.16. The number of nitrogens with one attached hydrogen (secondary N) is 1. The first-order valence-electron chi connectivity index (χ1n) is 4.73. The van der Waals surface area contributed by atoms with E-state index in [9.17, 15) is 10.1 Å². The molecule has 0 aromatic carbocycles. The Hall–Kier alpha value is -1.66. The van der Waals surface area contributed by atoms with Crippen LogP contribution in [0, 0.1) is 10.1 Å². The summed E-state index contributed by atoms with van der Waals surface area (Å²) in [5, 5.41) is 13.6. The number of nitrogens with zero attached hydrogens (tertiary/aromatic N) is 2. The molecule has 0 fully saturated rings. The third kappa shape index (κ3) is 3.15. The standard InChI is InChI=1S/C10H8ClN3O2S/c11-9-2-1-8(17-9)6-13-10-5-7(14(15)16)3-4-12-10/h1-5H,6H2,(H,12,13). The van der Waals surface area contributed by atoms with Crippen LogP contribution in [0.15, 0.2) is 30.5 Å². The predicted molar refractivity (Wildman–Crippen MR) is 67.5 cm³/mol. The fourth-order valence-electron chi connectivity index (χ4n) is 1.25. The Morgan fingerprint density at radius 2 is 2.29 bits per heavy atom. The second kappa shape index (κ2) is 5.11. The number of pyridine rings is 1. The number of hydrogen-bond donors (Lipinski definition) is 1. The first kappa shape index (κ1) is 11.8. The van der Waals surface area contributed by atoms with E-state index in [-0.39, 0.29) is 5.69 Å². The minimum atomic E-state index is -0.450. The molecule has 0 bridgehead atoms. The summed E-state index contributed by atoms with van der Waals surface area (Å²) in [4.78, 5) is 15.2. The van der Waals surface area contributed by atoms with Crippen LogP contribution in [-0.4, -0.2) is 9.91 Å². The summed E-state index contributed by atoms with van der Waals surface area (Å²) in [5.41, 5.74) is 0.0201. The van der Waals surface area contributed by atoms with E-state index in [1.165, 1.54) is 29.7 Å². The van der Waals surface area contributed by atoms with Gasteiger partial charge in [0.25, 0.3) is 5.69 Å². The summed E-state index contributed by atoms with van der Waals surface area (Å²) in [5.74, 6) is 0.476. The van der Waals surface area contributed by atoms with Crippen LogP contribution in [0.5, 0.6) is 0 Å². The van der Waals surface area contributed by atoms with E-state index in [0.29, 0.717) is 16.7 Å². The van der Waals surface area contributed by atoms with Gasteiger partial charge in [-0.15, -0.1) is 11.3 Å². The van der Waals surface area contributed by atoms with Crippen molar-refractivity contribution in [2.45, 2.75) is 6.54 Å². The second-order valence-electron chi connectivity index (χ2n) is 3.22. The normalized spacial score (nSPS) is 10.2. The number of nitro groups is 1. The molecule has 0 amide bonds. The van der Waals surface area contributed by atoms with Crippen LogP contribution >= 0.6 is 22.9 Å². The number of rotatable bonds is 4. The summed E-state index contributed by atoms with van der Waals surface area (Å²) >= 11 is 7.25. The highest BCUT2D eigenvalue weighted by Crippen LogP contribution is 2.22. The van der Waals surface area contributed by atoms with Crippen LogP contribution in [0.1, 0.15) is 4.88 Å². The molecule has 0 unspecified atom stereocenters. The van der Waals surface area contributed by atoms with Crippen molar-refractivity contribution >= 4 is 34.4 Å². The van der Waals surface area contributed by atoms with Gasteiger partial charge in [-0.1, -0.05) is 11.6 Å². The van der Waals surface area contributed by atoms with Gasteiger partial charge in [0.1, 0.15) is 5.82 Å². The first-order chi connectivity index (χ1) is 8.15. The van der Waals surface area contributed by atoms with Gasteiger partial charge in [-0.2, -0.15) is 0 Å². The molecule has 0 atom stereocenters. The van der Waals surface area contributed by atoms with Crippen molar-refractivity contribution in [3.8, 4) is 0 Å². The highest BCUT2D eigenvalue weighted by atomic mass is 35.5. The zero-order valence-electron chi connectivity index (χ0n) is 8.59. The van der Waals surface area contributed by atoms with Gasteiger partial charge >= 0.3 is 0 Å². The zero-order chi connectivity index (χ0) is 12.3. The minimum Gasteiger partial charge on any atom is -0.365 e. The predicted octanol–water partition coefficient (Wildman–Crippen LogP) is 3.32. The largest absolute Gasteiger partial charge is 0.365 e. The zero-order valence-corrected chi connectivity index (χ0v) is 10.2. The molecule has 2 aromatic heterocycles. The molecule has 2 heterocycles. The topological polar surface area (TPSA) is 68.1 Å². The SMILES string of the molecule is O=[N+]([O-])c1ccnc(NCc2ccc(Cl)s2)c1. The quantitative estimate of drug-likeness (QED) is 0.683. The molecule has 0 aliphatic carbocycles. The van der Waals surface area contributed by atoms with Crippen molar-refractivity contribution in [1.82, 2.24) is 4.98 Å². The maximum absolute atomic E-state index is 10.6. The average molecular weight is 270 g/mol. The summed E-state index contributed by atoms with van der Waals surface area (Å²) in [6.45, 7) is 0.547. The van der Waals surface area contributed by atoms with Crippen LogP contribution in [0.4, 0.5) is 11.5 Å². The monoisotopic (exact) mass is 269 g/mol. The highest BCUT2D eigenvalue weighted by Gasteiger charge is 2.06. The number of aromatic nitrogens is 1. The molecule has 0 aliphatic rings. The molecule has 0 radical (unpaired) electrons. The van der Waals surface area contributed by atoms with E-state index in [2.05, 4.69) is 10.3 Å². The molecule has 2 aromatic rings. The molecule has 88 valence electrons. The Kier molecular flexibility index (Phi) is 3.55. The molecular formula is C10H8ClN3O2S. The molecule has 17 heavy (non-hydrogen) atoms. The van der Waals surface area contributed by atoms with Gasteiger partial charge in [0.05, 0.1) is 21.9 Å². The van der Waals surface area contributed by atoms with Crippen LogP contribution in [0.2, 0.25) is 4.34 Å².